The largest absolute Gasteiger partial charge is 0.374 e. The highest BCUT2D eigenvalue weighted by atomic mass is 19.1. The van der Waals surface area contributed by atoms with Crippen LogP contribution in [0.1, 0.15) is 28.2 Å². The Balaban J connectivity index is 1.85. The molecule has 1 unspecified atom stereocenters. The molecule has 0 spiro atoms. The first-order valence-electron chi connectivity index (χ1n) is 7.93. The summed E-state index contributed by atoms with van der Waals surface area (Å²) in [5.41, 5.74) is 6.97. The number of anilines is 1. The maximum absolute atomic E-state index is 13.2. The van der Waals surface area contributed by atoms with E-state index in [1.165, 1.54) is 27.9 Å². The lowest BCUT2D eigenvalue weighted by Gasteiger charge is -2.35. The van der Waals surface area contributed by atoms with Gasteiger partial charge in [0.2, 0.25) is 0 Å². The van der Waals surface area contributed by atoms with Crippen molar-refractivity contribution in [3.8, 4) is 0 Å². The smallest absolute Gasteiger partial charge is 0.123 e. The fourth-order valence-corrected chi connectivity index (χ4v) is 3.99. The van der Waals surface area contributed by atoms with E-state index in [9.17, 15) is 4.39 Å². The Morgan fingerprint density at radius 1 is 1.05 bits per heavy atom. The molecule has 4 rings (SSSR count). The molecule has 0 amide bonds. The highest BCUT2D eigenvalue weighted by Crippen LogP contribution is 2.41. The second-order valence-corrected chi connectivity index (χ2v) is 6.61. The van der Waals surface area contributed by atoms with Gasteiger partial charge in [-0.25, -0.2) is 4.39 Å². The van der Waals surface area contributed by atoms with Crippen molar-refractivity contribution in [1.82, 2.24) is 4.90 Å². The van der Waals surface area contributed by atoms with E-state index in [4.69, 9.17) is 0 Å². The molecule has 0 saturated carbocycles. The monoisotopic (exact) mass is 296 g/mol. The van der Waals surface area contributed by atoms with E-state index in [0.29, 0.717) is 5.92 Å². The fourth-order valence-electron chi connectivity index (χ4n) is 3.99. The molecule has 2 heterocycles. The Bertz CT molecular complexity index is 708. The van der Waals surface area contributed by atoms with Crippen LogP contribution < -0.4 is 4.90 Å². The van der Waals surface area contributed by atoms with Crippen molar-refractivity contribution < 1.29 is 4.39 Å². The number of rotatable bonds is 1. The van der Waals surface area contributed by atoms with Crippen LogP contribution in [0.5, 0.6) is 0 Å². The second-order valence-electron chi connectivity index (χ2n) is 6.61. The first-order chi connectivity index (χ1) is 10.6. The summed E-state index contributed by atoms with van der Waals surface area (Å²) in [7, 11) is 4.36. The molecule has 3 heteroatoms. The lowest BCUT2D eigenvalue weighted by Crippen LogP contribution is -2.32. The zero-order valence-corrected chi connectivity index (χ0v) is 13.1. The molecule has 2 aliphatic rings. The van der Waals surface area contributed by atoms with Crippen LogP contribution in [0.25, 0.3) is 0 Å². The summed E-state index contributed by atoms with van der Waals surface area (Å²) < 4.78 is 13.2. The fraction of sp³-hybridized carbons (Fsp3) is 0.368. The summed E-state index contributed by atoms with van der Waals surface area (Å²) in [5.74, 6) is 0.162. The topological polar surface area (TPSA) is 6.48 Å². The molecule has 0 radical (unpaired) electrons. The van der Waals surface area contributed by atoms with Crippen LogP contribution in [-0.4, -0.2) is 32.1 Å². The maximum Gasteiger partial charge on any atom is 0.123 e. The minimum Gasteiger partial charge on any atom is -0.374 e. The van der Waals surface area contributed by atoms with Crippen LogP contribution in [-0.2, 0) is 13.0 Å². The number of nitrogens with zero attached hydrogens (tertiary/aromatic N) is 2. The van der Waals surface area contributed by atoms with Gasteiger partial charge in [0, 0.05) is 38.3 Å². The van der Waals surface area contributed by atoms with Gasteiger partial charge in [0.25, 0.3) is 0 Å². The molecule has 0 saturated heterocycles. The molecule has 0 aromatic heterocycles. The van der Waals surface area contributed by atoms with Crippen LogP contribution in [0.4, 0.5) is 10.1 Å². The van der Waals surface area contributed by atoms with Gasteiger partial charge in [-0.3, -0.25) is 0 Å². The Morgan fingerprint density at radius 2 is 1.82 bits per heavy atom. The Morgan fingerprint density at radius 3 is 2.59 bits per heavy atom. The van der Waals surface area contributed by atoms with Gasteiger partial charge in [-0.15, -0.1) is 0 Å². The standard InChI is InChI=1S/C19H21FN2/c1-21-11-17(13-3-6-15(20)7-4-13)16-8-5-14-9-10-22(2)19(14)18(16)12-21/h3-8,17H,9-12H2,1-2H3. The third kappa shape index (κ3) is 2.12. The summed E-state index contributed by atoms with van der Waals surface area (Å²) in [6.45, 7) is 3.10. The van der Waals surface area contributed by atoms with Crippen molar-refractivity contribution in [2.45, 2.75) is 18.9 Å². The summed E-state index contributed by atoms with van der Waals surface area (Å²) in [6, 6.07) is 11.6. The quantitative estimate of drug-likeness (QED) is 0.796. The molecule has 1 atom stereocenters. The molecule has 2 aromatic carbocycles. The average molecular weight is 296 g/mol. The van der Waals surface area contributed by atoms with E-state index < -0.39 is 0 Å². The van der Waals surface area contributed by atoms with Gasteiger partial charge in [-0.2, -0.15) is 0 Å². The predicted molar refractivity (Wildman–Crippen MR) is 88.0 cm³/mol. The van der Waals surface area contributed by atoms with E-state index in [-0.39, 0.29) is 5.82 Å². The Hall–Kier alpha value is -1.87. The molecule has 2 nitrogen and oxygen atoms in total. The summed E-state index contributed by atoms with van der Waals surface area (Å²) >= 11 is 0. The van der Waals surface area contributed by atoms with Crippen molar-refractivity contribution in [3.63, 3.8) is 0 Å². The Labute approximate surface area is 131 Å². The molecule has 0 N–H and O–H groups in total. The van der Waals surface area contributed by atoms with Gasteiger partial charge in [0.1, 0.15) is 5.82 Å². The number of halogens is 1. The van der Waals surface area contributed by atoms with Gasteiger partial charge in [-0.1, -0.05) is 24.3 Å². The van der Waals surface area contributed by atoms with Crippen molar-refractivity contribution in [1.29, 1.82) is 0 Å². The molecule has 114 valence electrons. The third-order valence-corrected chi connectivity index (χ3v) is 5.07. The van der Waals surface area contributed by atoms with Gasteiger partial charge >= 0.3 is 0 Å². The van der Waals surface area contributed by atoms with Crippen LogP contribution in [0.3, 0.4) is 0 Å². The lowest BCUT2D eigenvalue weighted by molar-refractivity contribution is 0.295. The van der Waals surface area contributed by atoms with Crippen molar-refractivity contribution in [2.24, 2.45) is 0 Å². The zero-order chi connectivity index (χ0) is 15.3. The lowest BCUT2D eigenvalue weighted by atomic mass is 9.83. The van der Waals surface area contributed by atoms with E-state index in [2.05, 4.69) is 36.0 Å². The first-order valence-corrected chi connectivity index (χ1v) is 7.93. The second kappa shape index (κ2) is 5.10. The zero-order valence-electron chi connectivity index (χ0n) is 13.1. The minimum atomic E-state index is -0.165. The number of benzene rings is 2. The van der Waals surface area contributed by atoms with Crippen LogP contribution in [0.2, 0.25) is 0 Å². The van der Waals surface area contributed by atoms with Crippen molar-refractivity contribution in [3.05, 3.63) is 64.5 Å². The third-order valence-electron chi connectivity index (χ3n) is 5.07. The SMILES string of the molecule is CN1Cc2c(ccc3c2N(C)CC3)C(c2ccc(F)cc2)C1. The number of hydrogen-bond donors (Lipinski definition) is 0. The maximum atomic E-state index is 13.2. The van der Waals surface area contributed by atoms with Gasteiger partial charge < -0.3 is 9.80 Å². The summed E-state index contributed by atoms with van der Waals surface area (Å²) in [5, 5.41) is 0. The summed E-state index contributed by atoms with van der Waals surface area (Å²) in [6.07, 6.45) is 1.14. The molecule has 2 aromatic rings. The molecule has 2 aliphatic heterocycles. The van der Waals surface area contributed by atoms with Crippen molar-refractivity contribution >= 4 is 5.69 Å². The van der Waals surface area contributed by atoms with E-state index >= 15 is 0 Å². The highest BCUT2D eigenvalue weighted by molar-refractivity contribution is 5.67. The molecule has 22 heavy (non-hydrogen) atoms. The molecular formula is C19H21FN2. The van der Waals surface area contributed by atoms with E-state index in [0.717, 1.165) is 26.1 Å². The van der Waals surface area contributed by atoms with Gasteiger partial charge in [0.15, 0.2) is 0 Å². The molecule has 0 aliphatic carbocycles. The number of likely N-dealkylation sites (N-methyl/N-ethyl adjacent to an activating group) is 2. The summed E-state index contributed by atoms with van der Waals surface area (Å²) in [4.78, 5) is 4.76. The van der Waals surface area contributed by atoms with Gasteiger partial charge in [0.05, 0.1) is 0 Å². The number of hydrogen-bond acceptors (Lipinski definition) is 2. The molecule has 0 bridgehead atoms. The van der Waals surface area contributed by atoms with Crippen LogP contribution in [0, 0.1) is 5.82 Å². The van der Waals surface area contributed by atoms with Gasteiger partial charge in [-0.05, 0) is 47.9 Å². The van der Waals surface area contributed by atoms with E-state index in [1.54, 1.807) is 12.1 Å². The first kappa shape index (κ1) is 13.8. The minimum absolute atomic E-state index is 0.165. The molecular weight excluding hydrogens is 275 g/mol. The Kier molecular flexibility index (Phi) is 3.19. The van der Waals surface area contributed by atoms with Crippen LogP contribution in [0.15, 0.2) is 36.4 Å². The highest BCUT2D eigenvalue weighted by Gasteiger charge is 2.30. The number of fused-ring (bicyclic) bond motifs is 3. The van der Waals surface area contributed by atoms with Crippen molar-refractivity contribution in [2.75, 3.05) is 32.1 Å². The normalized spacial score (nSPS) is 20.9. The molecule has 0 fully saturated rings. The van der Waals surface area contributed by atoms with E-state index in [1.807, 2.05) is 12.1 Å². The van der Waals surface area contributed by atoms with Crippen LogP contribution >= 0.6 is 0 Å². The predicted octanol–water partition coefficient (Wildman–Crippen LogP) is 3.40. The average Bonchev–Trinajstić information content (AvgIpc) is 2.89.